The molecule has 0 bridgehead atoms. The van der Waals surface area contributed by atoms with Gasteiger partial charge in [0.15, 0.2) is 0 Å². The second-order valence-corrected chi connectivity index (χ2v) is 8.45. The Hall–Kier alpha value is -1.76. The monoisotopic (exact) mass is 385 g/mol. The van der Waals surface area contributed by atoms with Crippen LogP contribution in [0.2, 0.25) is 0 Å². The molecule has 27 heavy (non-hydrogen) atoms. The number of nitrogens with zero attached hydrogens (tertiary/aromatic N) is 3. The van der Waals surface area contributed by atoms with E-state index in [9.17, 15) is 4.79 Å². The molecule has 2 saturated heterocycles. The van der Waals surface area contributed by atoms with Crippen molar-refractivity contribution in [2.75, 3.05) is 45.9 Å². The molecule has 0 unspecified atom stereocenters. The van der Waals surface area contributed by atoms with E-state index < -0.39 is 0 Å². The Balaban J connectivity index is 1.36. The number of aromatic nitrogens is 1. The van der Waals surface area contributed by atoms with Crippen molar-refractivity contribution in [1.82, 2.24) is 14.8 Å². The standard InChI is InChI=1S/C21H27N3O2S/c1-16-19(27-20(22-16)18-5-3-2-4-6-18)21(25)24-9-7-17(8-10-24)15-23-11-13-26-14-12-23/h2-6,17H,7-15H2,1H3. The zero-order chi connectivity index (χ0) is 18.6. The summed E-state index contributed by atoms with van der Waals surface area (Å²) in [5.74, 6) is 0.839. The number of amides is 1. The van der Waals surface area contributed by atoms with Crippen molar-refractivity contribution < 1.29 is 9.53 Å². The number of piperidine rings is 1. The summed E-state index contributed by atoms with van der Waals surface area (Å²) in [7, 11) is 0. The maximum absolute atomic E-state index is 13.0. The van der Waals surface area contributed by atoms with E-state index >= 15 is 0 Å². The normalized spacial score (nSPS) is 19.4. The molecular formula is C21H27N3O2S. The lowest BCUT2D eigenvalue weighted by Gasteiger charge is -2.36. The Morgan fingerprint density at radius 3 is 2.56 bits per heavy atom. The first-order valence-electron chi connectivity index (χ1n) is 9.83. The van der Waals surface area contributed by atoms with E-state index in [0.29, 0.717) is 5.92 Å². The van der Waals surface area contributed by atoms with E-state index in [-0.39, 0.29) is 5.91 Å². The maximum atomic E-state index is 13.0. The van der Waals surface area contributed by atoms with Crippen LogP contribution in [0, 0.1) is 12.8 Å². The number of likely N-dealkylation sites (tertiary alicyclic amines) is 1. The number of benzene rings is 1. The molecule has 0 N–H and O–H groups in total. The zero-order valence-electron chi connectivity index (χ0n) is 15.9. The van der Waals surface area contributed by atoms with E-state index in [2.05, 4.69) is 9.88 Å². The van der Waals surface area contributed by atoms with Crippen LogP contribution in [0.3, 0.4) is 0 Å². The minimum atomic E-state index is 0.150. The van der Waals surface area contributed by atoms with E-state index in [1.807, 2.05) is 42.2 Å². The van der Waals surface area contributed by atoms with Crippen molar-refractivity contribution in [3.8, 4) is 10.6 Å². The van der Waals surface area contributed by atoms with Gasteiger partial charge in [0.1, 0.15) is 9.88 Å². The van der Waals surface area contributed by atoms with Gasteiger partial charge in [-0.1, -0.05) is 30.3 Å². The highest BCUT2D eigenvalue weighted by Crippen LogP contribution is 2.30. The van der Waals surface area contributed by atoms with Crippen molar-refractivity contribution in [3.05, 3.63) is 40.9 Å². The lowest BCUT2D eigenvalue weighted by atomic mass is 9.96. The number of morpholine rings is 1. The Morgan fingerprint density at radius 1 is 1.15 bits per heavy atom. The van der Waals surface area contributed by atoms with Gasteiger partial charge in [0.05, 0.1) is 18.9 Å². The summed E-state index contributed by atoms with van der Waals surface area (Å²) in [6, 6.07) is 10.1. The van der Waals surface area contributed by atoms with E-state index in [1.54, 1.807) is 0 Å². The van der Waals surface area contributed by atoms with E-state index in [4.69, 9.17) is 4.74 Å². The lowest BCUT2D eigenvalue weighted by molar-refractivity contribution is 0.0243. The van der Waals surface area contributed by atoms with Gasteiger partial charge in [-0.25, -0.2) is 4.98 Å². The van der Waals surface area contributed by atoms with E-state index in [0.717, 1.165) is 79.9 Å². The van der Waals surface area contributed by atoms with Gasteiger partial charge < -0.3 is 9.64 Å². The second-order valence-electron chi connectivity index (χ2n) is 7.45. The maximum Gasteiger partial charge on any atom is 0.265 e. The van der Waals surface area contributed by atoms with Crippen LogP contribution >= 0.6 is 11.3 Å². The zero-order valence-corrected chi connectivity index (χ0v) is 16.7. The summed E-state index contributed by atoms with van der Waals surface area (Å²) >= 11 is 1.52. The largest absolute Gasteiger partial charge is 0.379 e. The molecule has 1 aromatic carbocycles. The summed E-state index contributed by atoms with van der Waals surface area (Å²) in [5.41, 5.74) is 1.92. The highest BCUT2D eigenvalue weighted by atomic mass is 32.1. The van der Waals surface area contributed by atoms with Gasteiger partial charge in [0, 0.05) is 38.3 Å². The molecule has 5 nitrogen and oxygen atoms in total. The van der Waals surface area contributed by atoms with Gasteiger partial charge >= 0.3 is 0 Å². The fourth-order valence-electron chi connectivity index (χ4n) is 3.91. The average Bonchev–Trinajstić information content (AvgIpc) is 3.11. The van der Waals surface area contributed by atoms with Gasteiger partial charge in [0.25, 0.3) is 5.91 Å². The van der Waals surface area contributed by atoms with Gasteiger partial charge in [-0.05, 0) is 25.7 Å². The fraction of sp³-hybridized carbons (Fsp3) is 0.524. The van der Waals surface area contributed by atoms with Gasteiger partial charge in [-0.3, -0.25) is 9.69 Å². The Kier molecular flexibility index (Phi) is 5.86. The molecule has 1 amide bonds. The summed E-state index contributed by atoms with van der Waals surface area (Å²) in [5, 5.41) is 0.929. The second kappa shape index (κ2) is 8.50. The van der Waals surface area contributed by atoms with Crippen molar-refractivity contribution in [2.24, 2.45) is 5.92 Å². The fourth-order valence-corrected chi connectivity index (χ4v) is 4.95. The van der Waals surface area contributed by atoms with Crippen LogP contribution in [0.4, 0.5) is 0 Å². The summed E-state index contributed by atoms with van der Waals surface area (Å²) < 4.78 is 5.43. The molecule has 6 heteroatoms. The molecule has 0 atom stereocenters. The van der Waals surface area contributed by atoms with Crippen molar-refractivity contribution in [3.63, 3.8) is 0 Å². The molecule has 2 aliphatic rings. The van der Waals surface area contributed by atoms with Crippen LogP contribution in [0.1, 0.15) is 28.2 Å². The van der Waals surface area contributed by atoms with Crippen molar-refractivity contribution in [2.45, 2.75) is 19.8 Å². The number of hydrogen-bond acceptors (Lipinski definition) is 5. The molecule has 0 spiro atoms. The third kappa shape index (κ3) is 4.39. The van der Waals surface area contributed by atoms with Gasteiger partial charge in [-0.15, -0.1) is 11.3 Å². The predicted octanol–water partition coefficient (Wildman–Crippen LogP) is 3.30. The topological polar surface area (TPSA) is 45.7 Å². The number of aryl methyl sites for hydroxylation is 1. The Morgan fingerprint density at radius 2 is 1.85 bits per heavy atom. The molecule has 0 radical (unpaired) electrons. The molecule has 1 aromatic heterocycles. The summed E-state index contributed by atoms with van der Waals surface area (Å²) in [6.45, 7) is 8.59. The third-order valence-corrected chi connectivity index (χ3v) is 6.73. The first kappa shape index (κ1) is 18.6. The minimum absolute atomic E-state index is 0.150. The number of carbonyl (C=O) groups excluding carboxylic acids is 1. The van der Waals surface area contributed by atoms with Crippen LogP contribution < -0.4 is 0 Å². The van der Waals surface area contributed by atoms with Gasteiger partial charge in [-0.2, -0.15) is 0 Å². The van der Waals surface area contributed by atoms with E-state index in [1.165, 1.54) is 11.3 Å². The molecule has 0 saturated carbocycles. The van der Waals surface area contributed by atoms with Crippen LogP contribution in [0.15, 0.2) is 30.3 Å². The van der Waals surface area contributed by atoms with Crippen LogP contribution in [-0.4, -0.2) is 66.6 Å². The van der Waals surface area contributed by atoms with Crippen LogP contribution in [0.5, 0.6) is 0 Å². The number of hydrogen-bond donors (Lipinski definition) is 0. The third-order valence-electron chi connectivity index (χ3n) is 5.53. The quantitative estimate of drug-likeness (QED) is 0.810. The molecule has 2 aliphatic heterocycles. The van der Waals surface area contributed by atoms with Crippen molar-refractivity contribution in [1.29, 1.82) is 0 Å². The molecule has 3 heterocycles. The summed E-state index contributed by atoms with van der Waals surface area (Å²) in [6.07, 6.45) is 2.18. The molecule has 144 valence electrons. The first-order chi connectivity index (χ1) is 13.2. The molecule has 4 rings (SSSR count). The molecule has 2 aromatic rings. The molecule has 0 aliphatic carbocycles. The minimum Gasteiger partial charge on any atom is -0.379 e. The predicted molar refractivity (Wildman–Crippen MR) is 108 cm³/mol. The van der Waals surface area contributed by atoms with Crippen molar-refractivity contribution >= 4 is 17.2 Å². The molecular weight excluding hydrogens is 358 g/mol. The van der Waals surface area contributed by atoms with Gasteiger partial charge in [0.2, 0.25) is 0 Å². The molecule has 2 fully saturated rings. The average molecular weight is 386 g/mol. The van der Waals surface area contributed by atoms with Crippen LogP contribution in [-0.2, 0) is 4.74 Å². The number of thiazole rings is 1. The Bertz CT molecular complexity index is 763. The highest BCUT2D eigenvalue weighted by Gasteiger charge is 2.27. The number of ether oxygens (including phenoxy) is 1. The SMILES string of the molecule is Cc1nc(-c2ccccc2)sc1C(=O)N1CCC(CN2CCOCC2)CC1. The number of rotatable bonds is 4. The number of carbonyl (C=O) groups is 1. The first-order valence-corrected chi connectivity index (χ1v) is 10.6. The Labute approximate surface area is 165 Å². The van der Waals surface area contributed by atoms with Crippen LogP contribution in [0.25, 0.3) is 10.6 Å². The lowest BCUT2D eigenvalue weighted by Crippen LogP contribution is -2.44. The summed E-state index contributed by atoms with van der Waals surface area (Å²) in [4.78, 5) is 23.0. The smallest absolute Gasteiger partial charge is 0.265 e. The highest BCUT2D eigenvalue weighted by molar-refractivity contribution is 7.17.